The van der Waals surface area contributed by atoms with Gasteiger partial charge in [0.25, 0.3) is 5.91 Å². The first kappa shape index (κ1) is 23.3. The van der Waals surface area contributed by atoms with E-state index in [2.05, 4.69) is 10.6 Å². The van der Waals surface area contributed by atoms with E-state index in [1.165, 1.54) is 12.1 Å². The molecule has 0 spiro atoms. The van der Waals surface area contributed by atoms with E-state index in [0.29, 0.717) is 24.2 Å². The predicted molar refractivity (Wildman–Crippen MR) is 112 cm³/mol. The Balaban J connectivity index is 1.46. The Kier molecular flexibility index (Phi) is 7.36. The molecule has 2 aromatic rings. The van der Waals surface area contributed by atoms with Crippen LogP contribution in [0.5, 0.6) is 0 Å². The molecule has 3 nitrogen and oxygen atoms in total. The van der Waals surface area contributed by atoms with Gasteiger partial charge in [-0.15, -0.1) is 0 Å². The van der Waals surface area contributed by atoms with Gasteiger partial charge in [0.15, 0.2) is 0 Å². The minimum Gasteiger partial charge on any atom is -0.352 e. The molecule has 0 unspecified atom stereocenters. The van der Waals surface area contributed by atoms with Gasteiger partial charge in [-0.3, -0.25) is 4.79 Å². The second-order valence-electron chi connectivity index (χ2n) is 8.43. The van der Waals surface area contributed by atoms with Crippen LogP contribution in [-0.2, 0) is 12.7 Å². The lowest BCUT2D eigenvalue weighted by Crippen LogP contribution is -2.37. The molecule has 0 saturated heterocycles. The zero-order valence-electron chi connectivity index (χ0n) is 17.8. The van der Waals surface area contributed by atoms with Crippen LogP contribution in [0, 0.1) is 25.6 Å². The molecule has 0 atom stereocenters. The molecule has 2 N–H and O–H groups in total. The Morgan fingerprint density at radius 2 is 1.77 bits per heavy atom. The van der Waals surface area contributed by atoms with Gasteiger partial charge in [-0.25, -0.2) is 4.39 Å². The first-order valence-corrected chi connectivity index (χ1v) is 10.6. The third-order valence-corrected chi connectivity index (χ3v) is 5.99. The average molecular weight is 436 g/mol. The van der Waals surface area contributed by atoms with E-state index >= 15 is 0 Å². The number of hydrogen-bond acceptors (Lipinski definition) is 2. The molecule has 1 fully saturated rings. The van der Waals surface area contributed by atoms with Gasteiger partial charge in [-0.05, 0) is 80.8 Å². The molecule has 0 bridgehead atoms. The van der Waals surface area contributed by atoms with Crippen molar-refractivity contribution in [2.24, 2.45) is 5.92 Å². The maximum absolute atomic E-state index is 14.0. The molecule has 3 rings (SSSR count). The molecule has 1 amide bonds. The van der Waals surface area contributed by atoms with Gasteiger partial charge >= 0.3 is 6.18 Å². The lowest BCUT2D eigenvalue weighted by Gasteiger charge is -2.29. The number of carbonyl (C=O) groups excluding carboxylic acids is 1. The number of halogens is 4. The van der Waals surface area contributed by atoms with Gasteiger partial charge in [-0.1, -0.05) is 12.1 Å². The Labute approximate surface area is 180 Å². The van der Waals surface area contributed by atoms with Gasteiger partial charge in [-0.2, -0.15) is 13.2 Å². The summed E-state index contributed by atoms with van der Waals surface area (Å²) in [5.74, 6) is -0.401. The maximum Gasteiger partial charge on any atom is 0.416 e. The van der Waals surface area contributed by atoms with E-state index in [-0.39, 0.29) is 23.3 Å². The van der Waals surface area contributed by atoms with Gasteiger partial charge in [0.1, 0.15) is 5.82 Å². The molecule has 31 heavy (non-hydrogen) atoms. The topological polar surface area (TPSA) is 41.1 Å². The van der Waals surface area contributed by atoms with E-state index in [4.69, 9.17) is 0 Å². The van der Waals surface area contributed by atoms with Gasteiger partial charge in [0.05, 0.1) is 5.56 Å². The SMILES string of the molecule is Cc1cc(C(=O)NC[C@H]2CC[C@@H](NCc3c(C)cccc3F)CC2)cc(C(F)(F)F)c1. The fourth-order valence-corrected chi connectivity index (χ4v) is 4.12. The summed E-state index contributed by atoms with van der Waals surface area (Å²) < 4.78 is 52.9. The van der Waals surface area contributed by atoms with Crippen molar-refractivity contribution in [3.63, 3.8) is 0 Å². The van der Waals surface area contributed by atoms with E-state index in [1.807, 2.05) is 13.0 Å². The lowest BCUT2D eigenvalue weighted by atomic mass is 9.86. The van der Waals surface area contributed by atoms with Crippen LogP contribution >= 0.6 is 0 Å². The van der Waals surface area contributed by atoms with E-state index in [9.17, 15) is 22.4 Å². The van der Waals surface area contributed by atoms with Crippen molar-refractivity contribution in [2.75, 3.05) is 6.54 Å². The highest BCUT2D eigenvalue weighted by atomic mass is 19.4. The Morgan fingerprint density at radius 1 is 1.06 bits per heavy atom. The predicted octanol–water partition coefficient (Wildman–Crippen LogP) is 5.54. The molecule has 1 aliphatic carbocycles. The number of carbonyl (C=O) groups is 1. The fourth-order valence-electron chi connectivity index (χ4n) is 4.12. The normalized spacial score (nSPS) is 19.3. The summed E-state index contributed by atoms with van der Waals surface area (Å²) in [7, 11) is 0. The smallest absolute Gasteiger partial charge is 0.352 e. The first-order valence-electron chi connectivity index (χ1n) is 10.6. The van der Waals surface area contributed by atoms with Crippen molar-refractivity contribution in [2.45, 2.75) is 58.3 Å². The van der Waals surface area contributed by atoms with Crippen LogP contribution in [0.15, 0.2) is 36.4 Å². The number of hydrogen-bond donors (Lipinski definition) is 2. The molecule has 1 saturated carbocycles. The molecular weight excluding hydrogens is 408 g/mol. The van der Waals surface area contributed by atoms with Crippen molar-refractivity contribution in [1.82, 2.24) is 10.6 Å². The molecule has 0 radical (unpaired) electrons. The zero-order valence-corrected chi connectivity index (χ0v) is 17.8. The zero-order chi connectivity index (χ0) is 22.6. The summed E-state index contributed by atoms with van der Waals surface area (Å²) in [6, 6.07) is 8.75. The van der Waals surface area contributed by atoms with Gasteiger partial charge in [0, 0.05) is 30.3 Å². The Bertz CT molecular complexity index is 898. The summed E-state index contributed by atoms with van der Waals surface area (Å²) >= 11 is 0. The second-order valence-corrected chi connectivity index (χ2v) is 8.43. The highest BCUT2D eigenvalue weighted by Gasteiger charge is 2.31. The number of aryl methyl sites for hydroxylation is 2. The summed E-state index contributed by atoms with van der Waals surface area (Å²) in [6.45, 7) is 4.36. The van der Waals surface area contributed by atoms with E-state index < -0.39 is 17.6 Å². The Morgan fingerprint density at radius 3 is 2.42 bits per heavy atom. The average Bonchev–Trinajstić information content (AvgIpc) is 2.71. The fraction of sp³-hybridized carbons (Fsp3) is 0.458. The summed E-state index contributed by atoms with van der Waals surface area (Å²) in [5, 5.41) is 6.21. The molecular formula is C24H28F4N2O. The molecule has 1 aliphatic rings. The molecule has 7 heteroatoms. The van der Waals surface area contributed by atoms with Gasteiger partial charge < -0.3 is 10.6 Å². The largest absolute Gasteiger partial charge is 0.416 e. The first-order chi connectivity index (χ1) is 14.6. The second kappa shape index (κ2) is 9.81. The van der Waals surface area contributed by atoms with Crippen LogP contribution in [0.1, 0.15) is 58.3 Å². The number of nitrogens with one attached hydrogen (secondary N) is 2. The maximum atomic E-state index is 14.0. The molecule has 0 heterocycles. The third kappa shape index (κ3) is 6.29. The van der Waals surface area contributed by atoms with E-state index in [1.54, 1.807) is 13.0 Å². The number of benzene rings is 2. The molecule has 2 aromatic carbocycles. The summed E-state index contributed by atoms with van der Waals surface area (Å²) in [6.07, 6.45) is -0.854. The van der Waals surface area contributed by atoms with Crippen molar-refractivity contribution in [3.8, 4) is 0 Å². The van der Waals surface area contributed by atoms with Crippen LogP contribution in [0.3, 0.4) is 0 Å². The standard InChI is InChI=1S/C24H28F4N2O/c1-15-10-18(12-19(11-15)24(26,27)28)23(31)30-13-17-6-8-20(9-7-17)29-14-21-16(2)4-3-5-22(21)25/h3-5,10-12,17,20,29H,6-9,13-14H2,1-2H3,(H,30,31)/t17-,20+. The molecule has 0 aliphatic heterocycles. The number of alkyl halides is 3. The number of amides is 1. The van der Waals surface area contributed by atoms with Crippen LogP contribution in [0.4, 0.5) is 17.6 Å². The quantitative estimate of drug-likeness (QED) is 0.584. The van der Waals surface area contributed by atoms with E-state index in [0.717, 1.165) is 43.4 Å². The summed E-state index contributed by atoms with van der Waals surface area (Å²) in [4.78, 5) is 12.4. The van der Waals surface area contributed by atoms with Crippen LogP contribution < -0.4 is 10.6 Å². The van der Waals surface area contributed by atoms with Crippen LogP contribution in [0.2, 0.25) is 0 Å². The van der Waals surface area contributed by atoms with Crippen molar-refractivity contribution in [1.29, 1.82) is 0 Å². The van der Waals surface area contributed by atoms with Crippen LogP contribution in [-0.4, -0.2) is 18.5 Å². The summed E-state index contributed by atoms with van der Waals surface area (Å²) in [5.41, 5.74) is 1.23. The monoisotopic (exact) mass is 436 g/mol. The minimum absolute atomic E-state index is 0.0305. The van der Waals surface area contributed by atoms with Crippen LogP contribution in [0.25, 0.3) is 0 Å². The lowest BCUT2D eigenvalue weighted by molar-refractivity contribution is -0.137. The van der Waals surface area contributed by atoms with Crippen molar-refractivity contribution in [3.05, 3.63) is 70.0 Å². The minimum atomic E-state index is -4.48. The third-order valence-electron chi connectivity index (χ3n) is 5.99. The molecule has 168 valence electrons. The Hall–Kier alpha value is -2.41. The molecule has 0 aromatic heterocycles. The van der Waals surface area contributed by atoms with Crippen molar-refractivity contribution < 1.29 is 22.4 Å². The highest BCUT2D eigenvalue weighted by molar-refractivity contribution is 5.94. The highest BCUT2D eigenvalue weighted by Crippen LogP contribution is 2.31. The van der Waals surface area contributed by atoms with Gasteiger partial charge in [0.2, 0.25) is 0 Å². The van der Waals surface area contributed by atoms with Crippen molar-refractivity contribution >= 4 is 5.91 Å². The number of rotatable bonds is 6.